The lowest BCUT2D eigenvalue weighted by molar-refractivity contribution is 0.572. The monoisotopic (exact) mass is 413 g/mol. The normalized spacial score (nSPS) is 11.7. The largest absolute Gasteiger partial charge is 0.395 e. The van der Waals surface area contributed by atoms with Gasteiger partial charge in [0.05, 0.1) is 20.9 Å². The van der Waals surface area contributed by atoms with Gasteiger partial charge in [0.2, 0.25) is 0 Å². The van der Waals surface area contributed by atoms with Crippen molar-refractivity contribution in [1.82, 2.24) is 4.98 Å². The highest BCUT2D eigenvalue weighted by Crippen LogP contribution is 2.35. The Balaban J connectivity index is 2.50. The number of benzene rings is 1. The Morgan fingerprint density at radius 3 is 2.62 bits per heavy atom. The first kappa shape index (κ1) is 16.5. The van der Waals surface area contributed by atoms with E-state index in [4.69, 9.17) is 17.3 Å². The molecule has 21 heavy (non-hydrogen) atoms. The summed E-state index contributed by atoms with van der Waals surface area (Å²) in [5.41, 5.74) is 5.82. The van der Waals surface area contributed by atoms with Gasteiger partial charge in [0.15, 0.2) is 10.9 Å². The minimum absolute atomic E-state index is 0.000717. The van der Waals surface area contributed by atoms with Crippen molar-refractivity contribution in [3.05, 3.63) is 32.0 Å². The Labute approximate surface area is 138 Å². The summed E-state index contributed by atoms with van der Waals surface area (Å²) < 4.78 is 40.9. The van der Waals surface area contributed by atoms with Crippen LogP contribution in [0.15, 0.2) is 15.4 Å². The summed E-state index contributed by atoms with van der Waals surface area (Å²) in [7, 11) is -4.17. The SMILES string of the molecule is Cc1nc(NS(=O)(=O)c2cc(Cl)c(Br)c(N)c2F)sc1C. The zero-order valence-electron chi connectivity index (χ0n) is 10.9. The molecule has 0 aliphatic rings. The van der Waals surface area contributed by atoms with Crippen LogP contribution in [-0.2, 0) is 10.0 Å². The molecule has 0 aliphatic heterocycles. The van der Waals surface area contributed by atoms with Crippen molar-refractivity contribution in [2.24, 2.45) is 0 Å². The van der Waals surface area contributed by atoms with Gasteiger partial charge < -0.3 is 5.73 Å². The summed E-state index contributed by atoms with van der Waals surface area (Å²) in [5.74, 6) is -1.07. The van der Waals surface area contributed by atoms with Crippen molar-refractivity contribution in [3.8, 4) is 0 Å². The molecule has 0 radical (unpaired) electrons. The van der Waals surface area contributed by atoms with Crippen LogP contribution in [-0.4, -0.2) is 13.4 Å². The number of rotatable bonds is 3. The molecule has 1 aromatic heterocycles. The van der Waals surface area contributed by atoms with Crippen molar-refractivity contribution in [2.45, 2.75) is 18.7 Å². The van der Waals surface area contributed by atoms with Gasteiger partial charge in [-0.05, 0) is 35.8 Å². The predicted octanol–water partition coefficient (Wildman–Crippen LogP) is 3.70. The summed E-state index contributed by atoms with van der Waals surface area (Å²) in [6.07, 6.45) is 0. The number of anilines is 2. The van der Waals surface area contributed by atoms with E-state index in [1.165, 1.54) is 0 Å². The van der Waals surface area contributed by atoms with E-state index in [-0.39, 0.29) is 20.3 Å². The molecule has 0 bridgehead atoms. The van der Waals surface area contributed by atoms with Crippen LogP contribution in [0.4, 0.5) is 15.2 Å². The molecule has 1 heterocycles. The highest BCUT2D eigenvalue weighted by molar-refractivity contribution is 9.10. The molecule has 0 amide bonds. The number of aromatic nitrogens is 1. The average molecular weight is 415 g/mol. The van der Waals surface area contributed by atoms with Crippen molar-refractivity contribution in [2.75, 3.05) is 10.5 Å². The molecule has 0 fully saturated rings. The number of halogens is 3. The van der Waals surface area contributed by atoms with E-state index in [1.54, 1.807) is 13.8 Å². The molecule has 2 rings (SSSR count). The van der Waals surface area contributed by atoms with Gasteiger partial charge >= 0.3 is 0 Å². The zero-order chi connectivity index (χ0) is 15.9. The molecule has 0 atom stereocenters. The van der Waals surface area contributed by atoms with Crippen molar-refractivity contribution < 1.29 is 12.8 Å². The molecule has 0 saturated carbocycles. The predicted molar refractivity (Wildman–Crippen MR) is 85.9 cm³/mol. The Morgan fingerprint density at radius 2 is 2.10 bits per heavy atom. The highest BCUT2D eigenvalue weighted by atomic mass is 79.9. The number of nitrogens with two attached hydrogens (primary N) is 1. The quantitative estimate of drug-likeness (QED) is 0.592. The molecule has 0 aliphatic carbocycles. The summed E-state index contributed by atoms with van der Waals surface area (Å²) in [5, 5.41) is 0.155. The van der Waals surface area contributed by atoms with E-state index >= 15 is 0 Å². The van der Waals surface area contributed by atoms with Gasteiger partial charge in [-0.1, -0.05) is 11.6 Å². The number of nitrogens with one attached hydrogen (secondary N) is 1. The maximum atomic E-state index is 14.1. The Bertz CT molecular complexity index is 804. The van der Waals surface area contributed by atoms with E-state index < -0.39 is 20.7 Å². The third-order valence-corrected chi connectivity index (χ3v) is 6.53. The maximum Gasteiger partial charge on any atom is 0.266 e. The summed E-state index contributed by atoms with van der Waals surface area (Å²) in [6.45, 7) is 3.55. The second-order valence-corrected chi connectivity index (χ2v) is 8.22. The first-order valence-electron chi connectivity index (χ1n) is 5.53. The lowest BCUT2D eigenvalue weighted by atomic mass is 10.3. The third kappa shape index (κ3) is 3.15. The Hall–Kier alpha value is -0.900. The van der Waals surface area contributed by atoms with Gasteiger partial charge in [-0.2, -0.15) is 0 Å². The van der Waals surface area contributed by atoms with E-state index in [0.717, 1.165) is 22.3 Å². The van der Waals surface area contributed by atoms with Crippen LogP contribution in [0.1, 0.15) is 10.6 Å². The number of thiazole rings is 1. The third-order valence-electron chi connectivity index (χ3n) is 2.70. The fourth-order valence-corrected chi connectivity index (χ4v) is 4.21. The van der Waals surface area contributed by atoms with Gasteiger partial charge in [0.25, 0.3) is 10.0 Å². The van der Waals surface area contributed by atoms with E-state index in [1.807, 2.05) is 0 Å². The number of aryl methyl sites for hydroxylation is 2. The van der Waals surface area contributed by atoms with Gasteiger partial charge in [-0.15, -0.1) is 11.3 Å². The molecule has 5 nitrogen and oxygen atoms in total. The van der Waals surface area contributed by atoms with Crippen LogP contribution in [0.3, 0.4) is 0 Å². The van der Waals surface area contributed by atoms with Crippen molar-refractivity contribution in [1.29, 1.82) is 0 Å². The van der Waals surface area contributed by atoms with E-state index in [9.17, 15) is 12.8 Å². The number of nitrogens with zero attached hydrogens (tertiary/aromatic N) is 1. The van der Waals surface area contributed by atoms with Crippen molar-refractivity contribution in [3.63, 3.8) is 0 Å². The van der Waals surface area contributed by atoms with Crippen LogP contribution >= 0.6 is 38.9 Å². The van der Waals surface area contributed by atoms with Crippen molar-refractivity contribution >= 4 is 59.7 Å². The molecule has 0 spiro atoms. The summed E-state index contributed by atoms with van der Waals surface area (Å²) in [4.78, 5) is 4.28. The van der Waals surface area contributed by atoms with Crippen LogP contribution in [0.2, 0.25) is 5.02 Å². The van der Waals surface area contributed by atoms with Gasteiger partial charge in [-0.25, -0.2) is 17.8 Å². The van der Waals surface area contributed by atoms with Crippen LogP contribution in [0.5, 0.6) is 0 Å². The number of nitrogen functional groups attached to an aromatic ring is 1. The second-order valence-electron chi connectivity index (χ2n) is 4.16. The smallest absolute Gasteiger partial charge is 0.266 e. The summed E-state index contributed by atoms with van der Waals surface area (Å²) in [6, 6.07) is 0.993. The number of sulfonamides is 1. The number of hydrogen-bond acceptors (Lipinski definition) is 5. The molecule has 10 heteroatoms. The molecule has 0 unspecified atom stereocenters. The molecular weight excluding hydrogens is 405 g/mol. The lowest BCUT2D eigenvalue weighted by Gasteiger charge is -2.10. The molecule has 1 aromatic carbocycles. The Morgan fingerprint density at radius 1 is 1.48 bits per heavy atom. The van der Waals surface area contributed by atoms with Crippen LogP contribution < -0.4 is 10.5 Å². The summed E-state index contributed by atoms with van der Waals surface area (Å²) >= 11 is 9.97. The average Bonchev–Trinajstić information content (AvgIpc) is 2.69. The standard InChI is InChI=1S/C11H10BrClFN3O2S2/c1-4-5(2)20-11(16-4)17-21(18,19)7-3-6(13)8(12)10(15)9(7)14/h3H,15H2,1-2H3,(H,16,17). The number of hydrogen-bond donors (Lipinski definition) is 2. The topological polar surface area (TPSA) is 85.1 Å². The second kappa shape index (κ2) is 5.71. The van der Waals surface area contributed by atoms with Crippen LogP contribution in [0, 0.1) is 19.7 Å². The first-order valence-corrected chi connectivity index (χ1v) is 9.00. The minimum Gasteiger partial charge on any atom is -0.395 e. The first-order chi connectivity index (χ1) is 9.63. The minimum atomic E-state index is -4.17. The molecule has 0 saturated heterocycles. The maximum absolute atomic E-state index is 14.1. The zero-order valence-corrected chi connectivity index (χ0v) is 14.8. The molecule has 3 N–H and O–H groups in total. The van der Waals surface area contributed by atoms with E-state index in [2.05, 4.69) is 25.6 Å². The van der Waals surface area contributed by atoms with Crippen LogP contribution in [0.25, 0.3) is 0 Å². The van der Waals surface area contributed by atoms with E-state index in [0.29, 0.717) is 5.69 Å². The lowest BCUT2D eigenvalue weighted by Crippen LogP contribution is -2.15. The molecule has 114 valence electrons. The molecule has 2 aromatic rings. The fourth-order valence-electron chi connectivity index (χ4n) is 1.48. The van der Waals surface area contributed by atoms with Gasteiger partial charge in [0.1, 0.15) is 4.90 Å². The Kier molecular flexibility index (Phi) is 4.48. The molecular formula is C11H10BrClFN3O2S2. The fraction of sp³-hybridized carbons (Fsp3) is 0.182. The van der Waals surface area contributed by atoms with Gasteiger partial charge in [-0.3, -0.25) is 4.72 Å². The van der Waals surface area contributed by atoms with Gasteiger partial charge in [0, 0.05) is 4.88 Å². The highest BCUT2D eigenvalue weighted by Gasteiger charge is 2.25.